The molecule has 0 amide bonds. The van der Waals surface area contributed by atoms with Crippen LogP contribution in [0.4, 0.5) is 0 Å². The summed E-state index contributed by atoms with van der Waals surface area (Å²) in [6.45, 7) is 0. The van der Waals surface area contributed by atoms with Crippen molar-refractivity contribution in [1.82, 2.24) is 9.78 Å². The molecule has 2 bridgehead atoms. The number of aromatic carboxylic acids is 1. The van der Waals surface area contributed by atoms with Crippen molar-refractivity contribution in [2.75, 3.05) is 0 Å². The second-order valence-corrected chi connectivity index (χ2v) is 6.51. The van der Waals surface area contributed by atoms with E-state index in [1.54, 1.807) is 18.2 Å². The van der Waals surface area contributed by atoms with E-state index >= 15 is 0 Å². The molecule has 108 valence electrons. The van der Waals surface area contributed by atoms with Crippen molar-refractivity contribution in [2.45, 2.75) is 31.1 Å². The van der Waals surface area contributed by atoms with E-state index in [1.807, 2.05) is 0 Å². The average molecular weight is 323 g/mol. The first-order valence-corrected chi connectivity index (χ1v) is 7.63. The molecule has 1 aromatic carbocycles. The number of benzene rings is 1. The van der Waals surface area contributed by atoms with Gasteiger partial charge in [0.2, 0.25) is 0 Å². The zero-order chi connectivity index (χ0) is 14.7. The van der Waals surface area contributed by atoms with Gasteiger partial charge in [-0.2, -0.15) is 5.10 Å². The number of nitrogens with zero attached hydrogens (tertiary/aromatic N) is 2. The van der Waals surface area contributed by atoms with Gasteiger partial charge in [-0.1, -0.05) is 23.2 Å². The largest absolute Gasteiger partial charge is 0.476 e. The fourth-order valence-electron chi connectivity index (χ4n) is 3.68. The predicted molar refractivity (Wildman–Crippen MR) is 79.9 cm³/mol. The zero-order valence-electron chi connectivity index (χ0n) is 11.0. The molecule has 0 aliphatic heterocycles. The van der Waals surface area contributed by atoms with E-state index in [9.17, 15) is 9.90 Å². The number of fused-ring (bicyclic) bond motifs is 5. The number of hydrogen-bond acceptors (Lipinski definition) is 2. The minimum Gasteiger partial charge on any atom is -0.476 e. The van der Waals surface area contributed by atoms with Crippen LogP contribution in [-0.4, -0.2) is 20.9 Å². The normalized spacial score (nSPS) is 22.6. The molecule has 0 spiro atoms. The molecule has 21 heavy (non-hydrogen) atoms. The molecule has 1 fully saturated rings. The van der Waals surface area contributed by atoms with Crippen molar-refractivity contribution in [1.29, 1.82) is 0 Å². The Balaban J connectivity index is 1.96. The first-order valence-electron chi connectivity index (χ1n) is 6.87. The predicted octanol–water partition coefficient (Wildman–Crippen LogP) is 4.24. The Morgan fingerprint density at radius 3 is 2.76 bits per heavy atom. The third-order valence-electron chi connectivity index (χ3n) is 4.52. The van der Waals surface area contributed by atoms with Gasteiger partial charge in [0, 0.05) is 16.5 Å². The van der Waals surface area contributed by atoms with E-state index in [4.69, 9.17) is 23.2 Å². The molecule has 1 aromatic heterocycles. The number of rotatable bonds is 2. The summed E-state index contributed by atoms with van der Waals surface area (Å²) in [5.41, 5.74) is 2.66. The lowest BCUT2D eigenvalue weighted by atomic mass is 9.95. The Labute approximate surface area is 131 Å². The molecular weight excluding hydrogens is 311 g/mol. The van der Waals surface area contributed by atoms with E-state index < -0.39 is 5.97 Å². The van der Waals surface area contributed by atoms with Crippen LogP contribution in [0, 0.1) is 0 Å². The summed E-state index contributed by atoms with van der Waals surface area (Å²) < 4.78 is 1.47. The quantitative estimate of drug-likeness (QED) is 0.899. The number of hydrogen-bond donors (Lipinski definition) is 1. The molecule has 2 aliphatic carbocycles. The maximum atomic E-state index is 11.7. The van der Waals surface area contributed by atoms with Crippen molar-refractivity contribution >= 4 is 29.2 Å². The summed E-state index contributed by atoms with van der Waals surface area (Å²) in [5, 5.41) is 15.1. The maximum absolute atomic E-state index is 11.7. The van der Waals surface area contributed by atoms with Gasteiger partial charge in [0.15, 0.2) is 5.69 Å². The molecule has 2 aromatic rings. The number of aromatic nitrogens is 2. The van der Waals surface area contributed by atoms with E-state index in [0.717, 1.165) is 30.5 Å². The standard InChI is InChI=1S/C15H12Cl2N2O2/c16-9-3-4-11(10(17)6-9)19-14(15(20)21)12-7-1-2-8(5-7)13(12)18-19/h3-4,6-8H,1-2,5H2,(H,20,21). The molecule has 6 heteroatoms. The number of carboxylic acids is 1. The SMILES string of the molecule is O=C(O)c1c2c(nn1-c1ccc(Cl)cc1Cl)C1CCC2C1. The van der Waals surface area contributed by atoms with E-state index in [-0.39, 0.29) is 5.69 Å². The summed E-state index contributed by atoms with van der Waals surface area (Å²) in [6, 6.07) is 5.00. The lowest BCUT2D eigenvalue weighted by Crippen LogP contribution is -2.11. The molecule has 1 heterocycles. The Morgan fingerprint density at radius 1 is 1.29 bits per heavy atom. The van der Waals surface area contributed by atoms with Gasteiger partial charge in [0.05, 0.1) is 16.4 Å². The zero-order valence-corrected chi connectivity index (χ0v) is 12.5. The summed E-state index contributed by atoms with van der Waals surface area (Å²) in [4.78, 5) is 11.7. The van der Waals surface area contributed by atoms with E-state index in [0.29, 0.717) is 27.6 Å². The first kappa shape index (κ1) is 13.2. The monoisotopic (exact) mass is 322 g/mol. The highest BCUT2D eigenvalue weighted by Gasteiger charge is 2.44. The van der Waals surface area contributed by atoms with Gasteiger partial charge in [-0.3, -0.25) is 0 Å². The van der Waals surface area contributed by atoms with Crippen LogP contribution in [0.3, 0.4) is 0 Å². The van der Waals surface area contributed by atoms with Crippen LogP contribution >= 0.6 is 23.2 Å². The van der Waals surface area contributed by atoms with Gasteiger partial charge >= 0.3 is 5.97 Å². The van der Waals surface area contributed by atoms with Gasteiger partial charge in [-0.05, 0) is 43.4 Å². The third-order valence-corrected chi connectivity index (χ3v) is 5.06. The fourth-order valence-corrected chi connectivity index (χ4v) is 4.16. The summed E-state index contributed by atoms with van der Waals surface area (Å²) in [5.74, 6) is -0.228. The molecule has 4 nitrogen and oxygen atoms in total. The third kappa shape index (κ3) is 1.82. The minimum atomic E-state index is -0.956. The van der Waals surface area contributed by atoms with Crippen LogP contribution in [0.5, 0.6) is 0 Å². The second kappa shape index (κ2) is 4.49. The molecular formula is C15H12Cl2N2O2. The van der Waals surface area contributed by atoms with Crippen LogP contribution in [0.25, 0.3) is 5.69 Å². The number of carbonyl (C=O) groups is 1. The first-order chi connectivity index (χ1) is 10.1. The number of carboxylic acid groups (broad SMARTS) is 1. The highest BCUT2D eigenvalue weighted by atomic mass is 35.5. The molecule has 2 atom stereocenters. The number of halogens is 2. The second-order valence-electron chi connectivity index (χ2n) is 5.67. The summed E-state index contributed by atoms with van der Waals surface area (Å²) in [7, 11) is 0. The molecule has 0 radical (unpaired) electrons. The minimum absolute atomic E-state index is 0.251. The molecule has 0 saturated heterocycles. The van der Waals surface area contributed by atoms with Gasteiger partial charge in [-0.15, -0.1) is 0 Å². The Morgan fingerprint density at radius 2 is 2.05 bits per heavy atom. The summed E-state index contributed by atoms with van der Waals surface area (Å²) >= 11 is 12.1. The van der Waals surface area contributed by atoms with Crippen molar-refractivity contribution in [3.8, 4) is 5.69 Å². The van der Waals surface area contributed by atoms with Crippen LogP contribution in [-0.2, 0) is 0 Å². The molecule has 1 saturated carbocycles. The van der Waals surface area contributed by atoms with Crippen molar-refractivity contribution < 1.29 is 9.90 Å². The summed E-state index contributed by atoms with van der Waals surface area (Å²) in [6.07, 6.45) is 3.19. The van der Waals surface area contributed by atoms with Gasteiger partial charge in [-0.25, -0.2) is 9.48 Å². The smallest absolute Gasteiger partial charge is 0.354 e. The van der Waals surface area contributed by atoms with Gasteiger partial charge in [0.25, 0.3) is 0 Å². The van der Waals surface area contributed by atoms with E-state index in [1.165, 1.54) is 4.68 Å². The topological polar surface area (TPSA) is 55.1 Å². The van der Waals surface area contributed by atoms with Gasteiger partial charge in [0.1, 0.15) is 0 Å². The van der Waals surface area contributed by atoms with Crippen molar-refractivity contribution in [3.63, 3.8) is 0 Å². The highest BCUT2D eigenvalue weighted by molar-refractivity contribution is 6.35. The molecule has 2 unspecified atom stereocenters. The van der Waals surface area contributed by atoms with Crippen molar-refractivity contribution in [3.05, 3.63) is 45.2 Å². The average Bonchev–Trinajstić information content (AvgIpc) is 3.09. The van der Waals surface area contributed by atoms with E-state index in [2.05, 4.69) is 5.10 Å². The lowest BCUT2D eigenvalue weighted by molar-refractivity contribution is 0.0685. The molecule has 2 aliphatic rings. The fraction of sp³-hybridized carbons (Fsp3) is 0.333. The van der Waals surface area contributed by atoms with Gasteiger partial charge < -0.3 is 5.11 Å². The van der Waals surface area contributed by atoms with Crippen LogP contribution in [0.15, 0.2) is 18.2 Å². The molecule has 4 rings (SSSR count). The van der Waals surface area contributed by atoms with Crippen molar-refractivity contribution in [2.24, 2.45) is 0 Å². The van der Waals surface area contributed by atoms with Crippen LogP contribution in [0.2, 0.25) is 10.0 Å². The Kier molecular flexibility index (Phi) is 2.81. The lowest BCUT2D eigenvalue weighted by Gasteiger charge is -2.10. The highest BCUT2D eigenvalue weighted by Crippen LogP contribution is 2.54. The molecule has 1 N–H and O–H groups in total. The Bertz CT molecular complexity index is 769. The Hall–Kier alpha value is -1.52. The van der Waals surface area contributed by atoms with Crippen LogP contribution < -0.4 is 0 Å². The maximum Gasteiger partial charge on any atom is 0.354 e. The van der Waals surface area contributed by atoms with Crippen LogP contribution in [0.1, 0.15) is 52.8 Å².